The number of cyclic esters (lactones) is 1. The van der Waals surface area contributed by atoms with Crippen molar-refractivity contribution in [1.29, 1.82) is 0 Å². The number of carbonyl (C=O) groups excluding carboxylic acids is 1. The normalized spacial score (nSPS) is 15.5. The van der Waals surface area contributed by atoms with Gasteiger partial charge in [-0.3, -0.25) is 4.79 Å². The molecule has 0 unspecified atom stereocenters. The van der Waals surface area contributed by atoms with Gasteiger partial charge in [-0.15, -0.1) is 0 Å². The third-order valence-corrected chi connectivity index (χ3v) is 3.72. The Kier molecular flexibility index (Phi) is 3.50. The highest BCUT2D eigenvalue weighted by Gasteiger charge is 2.26. The molecule has 3 aromatic rings. The number of nitrogens with zero attached hydrogens (tertiary/aromatic N) is 1. The molecule has 0 aliphatic carbocycles. The average Bonchev–Trinajstić information content (AvgIpc) is 2.98. The van der Waals surface area contributed by atoms with Crippen molar-refractivity contribution in [2.24, 2.45) is 4.99 Å². The molecule has 0 atom stereocenters. The molecule has 25 heavy (non-hydrogen) atoms. The van der Waals surface area contributed by atoms with Crippen LogP contribution in [0.25, 0.3) is 17.0 Å². The Bertz CT molecular complexity index is 1130. The lowest BCUT2D eigenvalue weighted by atomic mass is 10.1. The van der Waals surface area contributed by atoms with Crippen LogP contribution in [0.1, 0.15) is 11.1 Å². The zero-order valence-electron chi connectivity index (χ0n) is 12.7. The minimum atomic E-state index is -0.759. The van der Waals surface area contributed by atoms with E-state index in [1.54, 1.807) is 30.3 Å². The molecule has 1 aliphatic heterocycles. The molecule has 0 amide bonds. The zero-order valence-corrected chi connectivity index (χ0v) is 12.7. The summed E-state index contributed by atoms with van der Waals surface area (Å²) in [6, 6.07) is 12.6. The van der Waals surface area contributed by atoms with Gasteiger partial charge in [0.05, 0.1) is 16.5 Å². The van der Waals surface area contributed by atoms with Crippen molar-refractivity contribution in [2.75, 3.05) is 0 Å². The lowest BCUT2D eigenvalue weighted by Gasteiger charge is -1.99. The maximum atomic E-state index is 13.8. The monoisotopic (exact) mass is 335 g/mol. The van der Waals surface area contributed by atoms with Crippen LogP contribution < -0.4 is 5.43 Å². The topological polar surface area (TPSA) is 68.9 Å². The van der Waals surface area contributed by atoms with E-state index in [9.17, 15) is 14.0 Å². The number of para-hydroxylation sites is 1. The van der Waals surface area contributed by atoms with E-state index in [0.29, 0.717) is 11.0 Å². The van der Waals surface area contributed by atoms with Gasteiger partial charge in [0.25, 0.3) is 0 Å². The largest absolute Gasteiger partial charge is 0.463 e. The molecule has 0 saturated heterocycles. The van der Waals surface area contributed by atoms with E-state index < -0.39 is 11.8 Å². The van der Waals surface area contributed by atoms with Crippen molar-refractivity contribution in [3.63, 3.8) is 0 Å². The highest BCUT2D eigenvalue weighted by atomic mass is 19.1. The molecule has 6 heteroatoms. The SMILES string of the molecule is O=C1OC(c2ccccc2F)=N/C1=C\c1coc2ccccc2c1=O. The fraction of sp³-hybridized carbons (Fsp3) is 0. The zero-order chi connectivity index (χ0) is 17.4. The summed E-state index contributed by atoms with van der Waals surface area (Å²) < 4.78 is 24.2. The van der Waals surface area contributed by atoms with Crippen molar-refractivity contribution in [3.05, 3.63) is 87.7 Å². The molecule has 0 bridgehead atoms. The maximum Gasteiger partial charge on any atom is 0.363 e. The van der Waals surface area contributed by atoms with E-state index in [2.05, 4.69) is 4.99 Å². The summed E-state index contributed by atoms with van der Waals surface area (Å²) in [4.78, 5) is 28.5. The summed E-state index contributed by atoms with van der Waals surface area (Å²) in [5, 5.41) is 0.390. The maximum absolute atomic E-state index is 13.8. The Morgan fingerprint density at radius 2 is 1.76 bits per heavy atom. The van der Waals surface area contributed by atoms with Gasteiger partial charge in [-0.1, -0.05) is 24.3 Å². The van der Waals surface area contributed by atoms with Crippen LogP contribution in [0, 0.1) is 5.82 Å². The van der Waals surface area contributed by atoms with Crippen molar-refractivity contribution < 1.29 is 18.3 Å². The van der Waals surface area contributed by atoms with Gasteiger partial charge in [-0.25, -0.2) is 14.2 Å². The van der Waals surface area contributed by atoms with Gasteiger partial charge in [0, 0.05) is 0 Å². The molecule has 0 saturated carbocycles. The molecule has 0 N–H and O–H groups in total. The molecular formula is C19H10FNO4. The van der Waals surface area contributed by atoms with Gasteiger partial charge in [0.1, 0.15) is 17.7 Å². The molecule has 2 heterocycles. The Labute approximate surface area is 140 Å². The molecular weight excluding hydrogens is 325 g/mol. The second kappa shape index (κ2) is 5.83. The number of fused-ring (bicyclic) bond motifs is 1. The van der Waals surface area contributed by atoms with Gasteiger partial charge in [-0.2, -0.15) is 0 Å². The summed E-state index contributed by atoms with van der Waals surface area (Å²) in [5.41, 5.74) is 0.283. The number of ether oxygens (including phenoxy) is 1. The predicted molar refractivity (Wildman–Crippen MR) is 89.5 cm³/mol. The summed E-state index contributed by atoms with van der Waals surface area (Å²) in [6.45, 7) is 0. The third-order valence-electron chi connectivity index (χ3n) is 3.72. The number of benzene rings is 2. The second-order valence-electron chi connectivity index (χ2n) is 5.33. The molecule has 4 rings (SSSR count). The van der Waals surface area contributed by atoms with Gasteiger partial charge >= 0.3 is 5.97 Å². The van der Waals surface area contributed by atoms with Crippen LogP contribution in [0.15, 0.2) is 74.7 Å². The van der Waals surface area contributed by atoms with Crippen molar-refractivity contribution >= 4 is 28.9 Å². The molecule has 5 nitrogen and oxygen atoms in total. The van der Waals surface area contributed by atoms with E-state index in [4.69, 9.17) is 9.15 Å². The Balaban J connectivity index is 1.79. The van der Waals surface area contributed by atoms with Gasteiger partial charge in [-0.05, 0) is 30.3 Å². The number of rotatable bonds is 2. The van der Waals surface area contributed by atoms with Gasteiger partial charge in [0.2, 0.25) is 5.90 Å². The molecule has 1 aromatic heterocycles. The Morgan fingerprint density at radius 1 is 1.00 bits per heavy atom. The van der Waals surface area contributed by atoms with E-state index in [-0.39, 0.29) is 28.2 Å². The van der Waals surface area contributed by atoms with Crippen LogP contribution in [0.5, 0.6) is 0 Å². The number of hydrogen-bond acceptors (Lipinski definition) is 5. The minimum absolute atomic E-state index is 0.0739. The van der Waals surface area contributed by atoms with Crippen LogP contribution in [0.3, 0.4) is 0 Å². The van der Waals surface area contributed by atoms with E-state index in [1.165, 1.54) is 30.5 Å². The van der Waals surface area contributed by atoms with E-state index in [1.807, 2.05) is 0 Å². The smallest absolute Gasteiger partial charge is 0.363 e. The first-order chi connectivity index (χ1) is 12.1. The lowest BCUT2D eigenvalue weighted by Crippen LogP contribution is -2.08. The van der Waals surface area contributed by atoms with Crippen LogP contribution >= 0.6 is 0 Å². The van der Waals surface area contributed by atoms with Crippen molar-refractivity contribution in [1.82, 2.24) is 0 Å². The molecule has 2 aromatic carbocycles. The first-order valence-corrected chi connectivity index (χ1v) is 7.41. The first-order valence-electron chi connectivity index (χ1n) is 7.41. The number of halogens is 1. The van der Waals surface area contributed by atoms with Crippen LogP contribution in [0.4, 0.5) is 4.39 Å². The Morgan fingerprint density at radius 3 is 2.60 bits per heavy atom. The van der Waals surface area contributed by atoms with E-state index >= 15 is 0 Å². The molecule has 0 fully saturated rings. The average molecular weight is 335 g/mol. The minimum Gasteiger partial charge on any atom is -0.463 e. The number of carbonyl (C=O) groups is 1. The third kappa shape index (κ3) is 2.63. The summed E-state index contributed by atoms with van der Waals surface area (Å²) in [6.07, 6.45) is 2.52. The lowest BCUT2D eigenvalue weighted by molar-refractivity contribution is -0.129. The molecule has 0 spiro atoms. The van der Waals surface area contributed by atoms with Crippen LogP contribution in [-0.2, 0) is 9.53 Å². The number of esters is 1. The van der Waals surface area contributed by atoms with Crippen LogP contribution in [-0.4, -0.2) is 11.9 Å². The standard InChI is InChI=1S/C19H10FNO4/c20-14-7-3-1-5-12(14)18-21-15(19(23)25-18)9-11-10-24-16-8-4-2-6-13(16)17(11)22/h1-10H/b15-9-. The Hall–Kier alpha value is -3.54. The highest BCUT2D eigenvalue weighted by Crippen LogP contribution is 2.20. The summed E-state index contributed by atoms with van der Waals surface area (Å²) in [7, 11) is 0. The van der Waals surface area contributed by atoms with E-state index in [0.717, 1.165) is 0 Å². The highest BCUT2D eigenvalue weighted by molar-refractivity contribution is 6.13. The second-order valence-corrected chi connectivity index (χ2v) is 5.33. The van der Waals surface area contributed by atoms with Crippen molar-refractivity contribution in [2.45, 2.75) is 0 Å². The number of hydrogen-bond donors (Lipinski definition) is 0. The van der Waals surface area contributed by atoms with Crippen LogP contribution in [0.2, 0.25) is 0 Å². The quantitative estimate of drug-likeness (QED) is 0.532. The van der Waals surface area contributed by atoms with Crippen molar-refractivity contribution in [3.8, 4) is 0 Å². The molecule has 122 valence electrons. The first kappa shape index (κ1) is 15.0. The van der Waals surface area contributed by atoms with Gasteiger partial charge < -0.3 is 9.15 Å². The van der Waals surface area contributed by atoms with Gasteiger partial charge in [0.15, 0.2) is 11.1 Å². The summed E-state index contributed by atoms with van der Waals surface area (Å²) >= 11 is 0. The molecule has 1 aliphatic rings. The number of aliphatic imine (C=N–C) groups is 1. The fourth-order valence-electron chi connectivity index (χ4n) is 2.50. The molecule has 0 radical (unpaired) electrons. The summed E-state index contributed by atoms with van der Waals surface area (Å²) in [5.74, 6) is -1.45. The fourth-order valence-corrected chi connectivity index (χ4v) is 2.50. The predicted octanol–water partition coefficient (Wildman–Crippen LogP) is 3.28.